The highest BCUT2D eigenvalue weighted by Crippen LogP contribution is 2.41. The van der Waals surface area contributed by atoms with E-state index in [-0.39, 0.29) is 77.4 Å². The Balaban J connectivity index is 0.000000220. The number of aliphatic hydroxyl groups is 5. The van der Waals surface area contributed by atoms with Crippen molar-refractivity contribution < 1.29 is 81.6 Å². The maximum absolute atomic E-state index is 14.0. The molecule has 0 radical (unpaired) electrons. The number of anilines is 3. The summed E-state index contributed by atoms with van der Waals surface area (Å²) in [5.41, 5.74) is 5.76. The van der Waals surface area contributed by atoms with Crippen LogP contribution in [0, 0.1) is 18.6 Å². The summed E-state index contributed by atoms with van der Waals surface area (Å²) < 4.78 is 43.6. The van der Waals surface area contributed by atoms with Gasteiger partial charge in [0.2, 0.25) is 35.6 Å². The van der Waals surface area contributed by atoms with Crippen LogP contribution in [0.25, 0.3) is 31.7 Å². The molecule has 0 unspecified atom stereocenters. The van der Waals surface area contributed by atoms with E-state index < -0.39 is 72.9 Å². The second-order valence-electron chi connectivity index (χ2n) is 28.1. The van der Waals surface area contributed by atoms with Gasteiger partial charge < -0.3 is 86.3 Å². The first-order chi connectivity index (χ1) is 55.7. The minimum Gasteiger partial charge on any atom is -0.497 e. The molecule has 4 aliphatic rings. The molecule has 0 saturated carbocycles. The summed E-state index contributed by atoms with van der Waals surface area (Å²) in [7, 11) is 2.80. The number of aryl methyl sites for hydroxylation is 1. The van der Waals surface area contributed by atoms with E-state index >= 15 is 0 Å². The van der Waals surface area contributed by atoms with Crippen LogP contribution >= 0.6 is 57.2 Å². The van der Waals surface area contributed by atoms with E-state index in [4.69, 9.17) is 37.4 Å². The largest absolute Gasteiger partial charge is 0.497 e. The van der Waals surface area contributed by atoms with Gasteiger partial charge in [0, 0.05) is 107 Å². The number of methoxy groups -OCH3 is 2. The van der Waals surface area contributed by atoms with Crippen LogP contribution in [0.4, 0.5) is 26.6 Å². The molecule has 0 bridgehead atoms. The first-order valence-corrected chi connectivity index (χ1v) is 40.7. The molecule has 0 spiro atoms. The van der Waals surface area contributed by atoms with Gasteiger partial charge in [-0.1, -0.05) is 53.0 Å². The summed E-state index contributed by atoms with van der Waals surface area (Å²) in [5, 5.41) is 66.6. The minimum absolute atomic E-state index is 0. The normalized spacial score (nSPS) is 16.1. The lowest BCUT2D eigenvalue weighted by atomic mass is 10.0. The third-order valence-corrected chi connectivity index (χ3v) is 24.1. The van der Waals surface area contributed by atoms with E-state index in [2.05, 4.69) is 61.8 Å². The summed E-state index contributed by atoms with van der Waals surface area (Å²) in [5.74, 6) is -1.46. The van der Waals surface area contributed by atoms with Crippen molar-refractivity contribution in [3.8, 4) is 43.2 Å². The minimum atomic E-state index is -0.885. The average molecular weight is 1700 g/mol. The topological polar surface area (TPSA) is 390 Å². The Bertz CT molecular complexity index is 5040. The number of hydrogen-bond donors (Lipinski definition) is 11. The lowest BCUT2D eigenvalue weighted by Crippen LogP contribution is -2.51. The van der Waals surface area contributed by atoms with Crippen molar-refractivity contribution in [3.05, 3.63) is 179 Å². The number of carbonyl (C=O) groups is 6. The Morgan fingerprint density at radius 1 is 0.543 bits per heavy atom. The quantitative estimate of drug-likeness (QED) is 0.0217. The highest BCUT2D eigenvalue weighted by molar-refractivity contribution is 7.16. The van der Waals surface area contributed by atoms with Gasteiger partial charge >= 0.3 is 0 Å². The Labute approximate surface area is 694 Å². The lowest BCUT2D eigenvalue weighted by Gasteiger charge is -2.32. The van der Waals surface area contributed by atoms with E-state index in [0.29, 0.717) is 124 Å². The Kier molecular flexibility index (Phi) is 29.8. The van der Waals surface area contributed by atoms with Crippen LogP contribution < -0.4 is 41.4 Å². The molecule has 11 N–H and O–H groups in total. The fraction of sp³-hybridized carbons (Fsp3) is 0.400. The van der Waals surface area contributed by atoms with Crippen LogP contribution in [0.2, 0.25) is 10.0 Å². The number of nitrogens with one attached hydrogen (secondary N) is 6. The number of rotatable bonds is 28. The fourth-order valence-electron chi connectivity index (χ4n) is 13.3. The van der Waals surface area contributed by atoms with Crippen molar-refractivity contribution >= 4 is 111 Å². The molecule has 8 atom stereocenters. The molecule has 3 aromatic carbocycles. The van der Waals surface area contributed by atoms with Crippen LogP contribution in [0.3, 0.4) is 0 Å². The van der Waals surface area contributed by atoms with Gasteiger partial charge in [-0.3, -0.25) is 28.8 Å². The predicted octanol–water partition coefficient (Wildman–Crippen LogP) is 10.2. The molecule has 36 heteroatoms. The van der Waals surface area contributed by atoms with Gasteiger partial charge in [-0.2, -0.15) is 0 Å². The first kappa shape index (κ1) is 86.9. The van der Waals surface area contributed by atoms with Gasteiger partial charge in [-0.05, 0) is 120 Å². The molecule has 1 saturated heterocycles. The molecule has 29 nitrogen and oxygen atoms in total. The van der Waals surface area contributed by atoms with E-state index in [9.17, 15) is 63.1 Å². The molecule has 4 aliphatic heterocycles. The smallest absolute Gasteiger partial charge is 0.255 e. The zero-order valence-electron chi connectivity index (χ0n) is 64.8. The second kappa shape index (κ2) is 39.8. The predicted molar refractivity (Wildman–Crippen MR) is 444 cm³/mol. The molecule has 622 valence electrons. The molecule has 0 aliphatic carbocycles. The molecular weight excluding hydrogens is 1600 g/mol. The molecular formula is C80H97Cl2F2N15O14S3. The molecule has 1 fully saturated rings. The number of ether oxygens (including phenoxy) is 3. The number of thiophene rings is 3. The third kappa shape index (κ3) is 21.0. The second-order valence-corrected chi connectivity index (χ2v) is 32.4. The number of carbonyl (C=O) groups excluding carboxylic acids is 6. The monoisotopic (exact) mass is 1700 g/mol. The van der Waals surface area contributed by atoms with Crippen molar-refractivity contribution in [2.75, 3.05) is 96.1 Å². The van der Waals surface area contributed by atoms with Crippen molar-refractivity contribution in [3.63, 3.8) is 0 Å². The molecule has 6 aromatic heterocycles. The molecule has 10 heterocycles. The summed E-state index contributed by atoms with van der Waals surface area (Å²) in [6.45, 7) is 11.7. The number of benzene rings is 3. The van der Waals surface area contributed by atoms with Crippen molar-refractivity contribution in [2.45, 2.75) is 128 Å². The maximum Gasteiger partial charge on any atom is 0.255 e. The van der Waals surface area contributed by atoms with Gasteiger partial charge in [-0.15, -0.1) is 34.0 Å². The van der Waals surface area contributed by atoms with Gasteiger partial charge in [0.15, 0.2) is 0 Å². The zero-order valence-corrected chi connectivity index (χ0v) is 68.8. The maximum atomic E-state index is 14.0. The van der Waals surface area contributed by atoms with E-state index in [1.54, 1.807) is 63.9 Å². The number of nitrogens with zero attached hydrogens (tertiary/aromatic N) is 9. The van der Waals surface area contributed by atoms with Crippen LogP contribution in [-0.4, -0.2) is 222 Å². The van der Waals surface area contributed by atoms with Crippen LogP contribution in [0.15, 0.2) is 104 Å². The Morgan fingerprint density at radius 3 is 1.36 bits per heavy atom. The van der Waals surface area contributed by atoms with Crippen LogP contribution in [0.1, 0.15) is 138 Å². The van der Waals surface area contributed by atoms with Gasteiger partial charge in [0.25, 0.3) is 17.7 Å². The summed E-state index contributed by atoms with van der Waals surface area (Å²) in [6.07, 6.45) is 8.17. The van der Waals surface area contributed by atoms with Gasteiger partial charge in [0.05, 0.1) is 125 Å². The highest BCUT2D eigenvalue weighted by Gasteiger charge is 2.38. The highest BCUT2D eigenvalue weighted by atomic mass is 35.5. The number of amides is 6. The van der Waals surface area contributed by atoms with E-state index in [1.807, 2.05) is 43.3 Å². The number of aromatic nitrogens is 6. The van der Waals surface area contributed by atoms with E-state index in [1.165, 1.54) is 101 Å². The number of fused-ring (bicyclic) bond motifs is 3. The average Bonchev–Trinajstić information content (AvgIpc) is 1.65. The summed E-state index contributed by atoms with van der Waals surface area (Å²) >= 11 is 17.1. The summed E-state index contributed by atoms with van der Waals surface area (Å²) in [4.78, 5) is 115. The lowest BCUT2D eigenvalue weighted by molar-refractivity contribution is -0.127. The van der Waals surface area contributed by atoms with Crippen molar-refractivity contribution in [2.24, 2.45) is 0 Å². The van der Waals surface area contributed by atoms with Crippen LogP contribution in [-0.2, 0) is 38.4 Å². The van der Waals surface area contributed by atoms with E-state index in [0.717, 1.165) is 54.0 Å². The molecule has 9 aromatic rings. The van der Waals surface area contributed by atoms with Crippen molar-refractivity contribution in [1.82, 2.24) is 60.6 Å². The Morgan fingerprint density at radius 2 is 0.957 bits per heavy atom. The molecule has 116 heavy (non-hydrogen) atoms. The van der Waals surface area contributed by atoms with Gasteiger partial charge in [0.1, 0.15) is 52.6 Å². The fourth-order valence-corrected chi connectivity index (χ4v) is 17.2. The van der Waals surface area contributed by atoms with Crippen LogP contribution in [0.5, 0.6) is 11.5 Å². The number of hydrogen-bond acceptors (Lipinski definition) is 26. The molecule has 13 rings (SSSR count). The summed E-state index contributed by atoms with van der Waals surface area (Å²) in [6, 6.07) is 17.8. The zero-order chi connectivity index (χ0) is 83.2. The third-order valence-electron chi connectivity index (χ3n) is 19.9. The van der Waals surface area contributed by atoms with Gasteiger partial charge in [-0.25, -0.2) is 38.7 Å². The number of halogens is 4. The standard InChI is InChI=1S/C28H32FN5O5S.C26H29ClFN5O5S.C26H30ClN5O4S.3H2/c1-16(26(36)32-23(15-35)17-11-18(29)13-20(12-17)38-2)34-8-4-24-21(27(34)37)14-25(40-24)22-3-7-30-28(33-22)31-19-5-9-39-10-6-19;1-13(11-34)30-26-29-10-19(27)23(32-26)22-9-18-21(39-22)4-5-33(25(18)37)14(2)24(36)31-20(12-35)15-6-16(28)8-17(7-15)38-3;1-14-5-4-6-17(9-14)20(13-34)30-24(35)16(3)32-8-7-21-18(25(32)36)10-22(37-21)23-19(27)11-28-26(31-23)29-15(2)12-33;;;/h3,7,11-14,16,19,23,35H,4-6,8-10,15H2,1-2H3,(H,32,36)(H,30,31,33);6-10,13-14,20,34-35H,4-5,11-12H2,1-3H3,(H,31,36)(H,29,30,32);4-6,9-11,15-16,20,33-34H,7-8,12-13H2,1-3H3,(H,30,35)(H,28,29,31);3*1H/t16-,23-;13-,14+,20+;15-,16+,20+;;;/m100.../s1. The first-order valence-electron chi connectivity index (χ1n) is 37.5. The molecule has 6 amide bonds. The Hall–Kier alpha value is -9.98. The van der Waals surface area contributed by atoms with Crippen molar-refractivity contribution in [1.29, 1.82) is 0 Å². The number of aliphatic hydroxyl groups excluding tert-OH is 5. The SMILES string of the molecule is COc1cc(F)cc([C@@H](CO)NC(=O)[C@@H](C)N2CCc3sc(-c4ccnc(NC5CCOCC5)n4)cc3C2=O)c1.COc1cc(F)cc([C@@H](CO)NC(=O)[C@@H](C)N2CCc3sc(-c4nc(N[C@@H](C)CO)ncc4Cl)cc3C2=O)c1.Cc1cccc([C@@H](CO)NC(=O)[C@@H](C)N2CCc3sc(-c4nc(N[C@@H](C)CO)ncc4Cl)cc3C2=O)c1.[HH].[HH].[HH].